The van der Waals surface area contributed by atoms with E-state index in [1.807, 2.05) is 31.2 Å². The van der Waals surface area contributed by atoms with Crippen molar-refractivity contribution in [1.29, 1.82) is 0 Å². The van der Waals surface area contributed by atoms with Gasteiger partial charge in [-0.2, -0.15) is 0 Å². The highest BCUT2D eigenvalue weighted by Crippen LogP contribution is 2.23. The number of benzene rings is 2. The fourth-order valence-corrected chi connectivity index (χ4v) is 2.02. The Bertz CT molecular complexity index is 623. The van der Waals surface area contributed by atoms with Gasteiger partial charge in [0.15, 0.2) is 0 Å². The van der Waals surface area contributed by atoms with Crippen LogP contribution in [-0.4, -0.2) is 20.0 Å². The van der Waals surface area contributed by atoms with E-state index in [0.717, 1.165) is 11.3 Å². The van der Waals surface area contributed by atoms with Crippen molar-refractivity contribution in [2.45, 2.75) is 6.92 Å². The van der Waals surface area contributed by atoms with Gasteiger partial charge < -0.3 is 10.2 Å². The van der Waals surface area contributed by atoms with Crippen LogP contribution in [0, 0.1) is 12.7 Å². The zero-order valence-electron chi connectivity index (χ0n) is 11.8. The summed E-state index contributed by atoms with van der Waals surface area (Å²) in [6, 6.07) is 12.1. The van der Waals surface area contributed by atoms with Gasteiger partial charge in [-0.05, 0) is 31.2 Å². The Hall–Kier alpha value is -2.36. The second-order valence-electron chi connectivity index (χ2n) is 4.61. The lowest BCUT2D eigenvalue weighted by atomic mass is 10.1. The van der Waals surface area contributed by atoms with Crippen LogP contribution >= 0.6 is 0 Å². The summed E-state index contributed by atoms with van der Waals surface area (Å²) >= 11 is 0. The maximum atomic E-state index is 13.7. The summed E-state index contributed by atoms with van der Waals surface area (Å²) in [6.45, 7) is 1.98. The Kier molecular flexibility index (Phi) is 4.03. The highest BCUT2D eigenvalue weighted by Gasteiger charge is 2.18. The van der Waals surface area contributed by atoms with E-state index in [-0.39, 0.29) is 11.6 Å². The average molecular weight is 272 g/mol. The predicted octanol–water partition coefficient (Wildman–Crippen LogP) is 3.45. The van der Waals surface area contributed by atoms with Crippen molar-refractivity contribution in [2.75, 3.05) is 24.3 Å². The van der Waals surface area contributed by atoms with Crippen molar-refractivity contribution in [3.05, 3.63) is 59.4 Å². The number of rotatable bonds is 3. The number of nitrogens with one attached hydrogen (secondary N) is 1. The smallest absolute Gasteiger partial charge is 0.260 e. The topological polar surface area (TPSA) is 32.3 Å². The lowest BCUT2D eigenvalue weighted by Crippen LogP contribution is -2.27. The number of para-hydroxylation sites is 1. The number of nitrogens with zero attached hydrogens (tertiary/aromatic N) is 1. The first kappa shape index (κ1) is 14.1. The average Bonchev–Trinajstić information content (AvgIpc) is 2.46. The first-order valence-electron chi connectivity index (χ1n) is 6.35. The quantitative estimate of drug-likeness (QED) is 0.928. The first-order valence-corrected chi connectivity index (χ1v) is 6.35. The van der Waals surface area contributed by atoms with Crippen LogP contribution in [0.1, 0.15) is 15.9 Å². The van der Waals surface area contributed by atoms with E-state index in [4.69, 9.17) is 0 Å². The SMILES string of the molecule is CNc1c(F)cccc1C(=O)N(C)c1ccc(C)cc1. The Labute approximate surface area is 118 Å². The minimum atomic E-state index is -0.435. The van der Waals surface area contributed by atoms with Gasteiger partial charge in [0.2, 0.25) is 0 Å². The van der Waals surface area contributed by atoms with Gasteiger partial charge in [-0.15, -0.1) is 0 Å². The van der Waals surface area contributed by atoms with Crippen molar-refractivity contribution >= 4 is 17.3 Å². The molecule has 0 atom stereocenters. The number of halogens is 1. The van der Waals surface area contributed by atoms with E-state index in [9.17, 15) is 9.18 Å². The van der Waals surface area contributed by atoms with Crippen molar-refractivity contribution < 1.29 is 9.18 Å². The zero-order valence-corrected chi connectivity index (χ0v) is 11.8. The van der Waals surface area contributed by atoms with Gasteiger partial charge >= 0.3 is 0 Å². The molecule has 20 heavy (non-hydrogen) atoms. The molecule has 4 heteroatoms. The molecule has 2 aromatic carbocycles. The second-order valence-corrected chi connectivity index (χ2v) is 4.61. The van der Waals surface area contributed by atoms with Crippen LogP contribution < -0.4 is 10.2 Å². The molecule has 0 saturated carbocycles. The Balaban J connectivity index is 2.36. The van der Waals surface area contributed by atoms with Crippen LogP contribution in [0.5, 0.6) is 0 Å². The van der Waals surface area contributed by atoms with Gasteiger partial charge in [0.25, 0.3) is 5.91 Å². The lowest BCUT2D eigenvalue weighted by Gasteiger charge is -2.19. The zero-order chi connectivity index (χ0) is 14.7. The van der Waals surface area contributed by atoms with Crippen LogP contribution in [0.4, 0.5) is 15.8 Å². The third kappa shape index (κ3) is 2.64. The molecule has 3 nitrogen and oxygen atoms in total. The number of carbonyl (C=O) groups is 1. The normalized spacial score (nSPS) is 10.2. The van der Waals surface area contributed by atoms with Crippen molar-refractivity contribution in [1.82, 2.24) is 0 Å². The molecule has 0 unspecified atom stereocenters. The molecule has 0 heterocycles. The molecule has 0 bridgehead atoms. The van der Waals surface area contributed by atoms with Gasteiger partial charge in [-0.25, -0.2) is 4.39 Å². The number of hydrogen-bond donors (Lipinski definition) is 1. The maximum Gasteiger partial charge on any atom is 0.260 e. The Morgan fingerprint density at radius 2 is 1.80 bits per heavy atom. The predicted molar refractivity (Wildman–Crippen MR) is 79.9 cm³/mol. The second kappa shape index (κ2) is 5.74. The van der Waals surface area contributed by atoms with E-state index >= 15 is 0 Å². The minimum absolute atomic E-state index is 0.219. The van der Waals surface area contributed by atoms with E-state index in [0.29, 0.717) is 5.56 Å². The van der Waals surface area contributed by atoms with Gasteiger partial charge in [-0.3, -0.25) is 4.79 Å². The van der Waals surface area contributed by atoms with Crippen LogP contribution in [0.25, 0.3) is 0 Å². The van der Waals surface area contributed by atoms with E-state index in [1.54, 1.807) is 20.2 Å². The summed E-state index contributed by atoms with van der Waals surface area (Å²) in [5.41, 5.74) is 2.43. The number of amides is 1. The standard InChI is InChI=1S/C16H17FN2O/c1-11-7-9-12(10-8-11)19(3)16(20)13-5-4-6-14(17)15(13)18-2/h4-10,18H,1-3H3. The van der Waals surface area contributed by atoms with Crippen LogP contribution in [0.2, 0.25) is 0 Å². The molecule has 0 radical (unpaired) electrons. The molecule has 0 saturated heterocycles. The highest BCUT2D eigenvalue weighted by atomic mass is 19.1. The largest absolute Gasteiger partial charge is 0.385 e. The lowest BCUT2D eigenvalue weighted by molar-refractivity contribution is 0.0993. The molecule has 1 amide bonds. The summed E-state index contributed by atoms with van der Waals surface area (Å²) < 4.78 is 13.7. The number of anilines is 2. The monoisotopic (exact) mass is 272 g/mol. The van der Waals surface area contributed by atoms with Crippen LogP contribution in [0.3, 0.4) is 0 Å². The van der Waals surface area contributed by atoms with E-state index < -0.39 is 5.82 Å². The van der Waals surface area contributed by atoms with Gasteiger partial charge in [0, 0.05) is 19.8 Å². The summed E-state index contributed by atoms with van der Waals surface area (Å²) in [4.78, 5) is 14.0. The Morgan fingerprint density at radius 1 is 1.15 bits per heavy atom. The van der Waals surface area contributed by atoms with Gasteiger partial charge in [-0.1, -0.05) is 23.8 Å². The van der Waals surface area contributed by atoms with E-state index in [1.165, 1.54) is 17.0 Å². The fourth-order valence-electron chi connectivity index (χ4n) is 2.02. The van der Waals surface area contributed by atoms with Crippen molar-refractivity contribution in [3.63, 3.8) is 0 Å². The summed E-state index contributed by atoms with van der Waals surface area (Å²) in [7, 11) is 3.28. The molecule has 1 N–H and O–H groups in total. The fraction of sp³-hybridized carbons (Fsp3) is 0.188. The molecule has 2 rings (SSSR count). The third-order valence-corrected chi connectivity index (χ3v) is 3.22. The molecule has 0 fully saturated rings. The molecule has 104 valence electrons. The van der Waals surface area contributed by atoms with Crippen molar-refractivity contribution in [3.8, 4) is 0 Å². The number of aryl methyl sites for hydroxylation is 1. The maximum absolute atomic E-state index is 13.7. The van der Waals surface area contributed by atoms with Crippen LogP contribution in [0.15, 0.2) is 42.5 Å². The van der Waals surface area contributed by atoms with Crippen LogP contribution in [-0.2, 0) is 0 Å². The van der Waals surface area contributed by atoms with Gasteiger partial charge in [0.05, 0.1) is 11.3 Å². The summed E-state index contributed by atoms with van der Waals surface area (Å²) in [5, 5.41) is 2.74. The summed E-state index contributed by atoms with van der Waals surface area (Å²) in [6.07, 6.45) is 0. The number of hydrogen-bond acceptors (Lipinski definition) is 2. The molecular weight excluding hydrogens is 255 g/mol. The molecule has 0 spiro atoms. The van der Waals surface area contributed by atoms with E-state index in [2.05, 4.69) is 5.32 Å². The molecule has 0 aliphatic rings. The first-order chi connectivity index (χ1) is 9.54. The molecule has 0 aromatic heterocycles. The molecule has 0 aliphatic heterocycles. The third-order valence-electron chi connectivity index (χ3n) is 3.22. The summed E-state index contributed by atoms with van der Waals surface area (Å²) in [5.74, 6) is -0.687. The molecular formula is C16H17FN2O. The molecule has 2 aromatic rings. The van der Waals surface area contributed by atoms with Crippen molar-refractivity contribution in [2.24, 2.45) is 0 Å². The van der Waals surface area contributed by atoms with Gasteiger partial charge in [0.1, 0.15) is 5.82 Å². The Morgan fingerprint density at radius 3 is 2.40 bits per heavy atom. The highest BCUT2D eigenvalue weighted by molar-refractivity contribution is 6.09. The molecule has 0 aliphatic carbocycles. The number of carbonyl (C=O) groups excluding carboxylic acids is 1. The minimum Gasteiger partial charge on any atom is -0.385 e.